The van der Waals surface area contributed by atoms with Gasteiger partial charge < -0.3 is 14.8 Å². The fraction of sp³-hybridized carbons (Fsp3) is 0.625. The molecule has 1 saturated carbocycles. The molecule has 116 valence electrons. The number of hydrogen-bond donors (Lipinski definition) is 2. The first-order chi connectivity index (χ1) is 9.92. The number of furan rings is 1. The molecule has 1 aromatic heterocycles. The van der Waals surface area contributed by atoms with E-state index in [0.29, 0.717) is 23.6 Å². The number of carbonyl (C=O) groups is 2. The molecule has 5 heteroatoms. The minimum Gasteiger partial charge on any atom is -0.481 e. The van der Waals surface area contributed by atoms with Crippen molar-refractivity contribution in [2.45, 2.75) is 52.4 Å². The molecule has 2 rings (SSSR count). The molecule has 5 nitrogen and oxygen atoms in total. The van der Waals surface area contributed by atoms with Crippen molar-refractivity contribution >= 4 is 11.9 Å². The summed E-state index contributed by atoms with van der Waals surface area (Å²) >= 11 is 0. The second kappa shape index (κ2) is 6.33. The standard InChI is InChI=1S/C16H23NO4/c1-11-8-13(12(2)21-11)15(20)17-10-16(9-14(18)19)6-4-3-5-7-16/h8H,3-7,9-10H2,1-2H3,(H,17,20)(H,18,19). The van der Waals surface area contributed by atoms with Crippen molar-refractivity contribution in [2.75, 3.05) is 6.54 Å². The van der Waals surface area contributed by atoms with E-state index in [1.165, 1.54) is 0 Å². The lowest BCUT2D eigenvalue weighted by atomic mass is 9.71. The molecule has 1 amide bonds. The highest BCUT2D eigenvalue weighted by atomic mass is 16.4. The Hall–Kier alpha value is -1.78. The predicted octanol–water partition coefficient (Wildman–Crippen LogP) is 3.05. The maximum Gasteiger partial charge on any atom is 0.303 e. The Labute approximate surface area is 124 Å². The summed E-state index contributed by atoms with van der Waals surface area (Å²) < 4.78 is 5.36. The fourth-order valence-corrected chi connectivity index (χ4v) is 3.26. The number of carbonyl (C=O) groups excluding carboxylic acids is 1. The number of aryl methyl sites for hydroxylation is 2. The Balaban J connectivity index is 2.02. The lowest BCUT2D eigenvalue weighted by Crippen LogP contribution is -2.40. The van der Waals surface area contributed by atoms with E-state index in [1.54, 1.807) is 19.9 Å². The summed E-state index contributed by atoms with van der Waals surface area (Å²) in [4.78, 5) is 23.3. The Morgan fingerprint density at radius 2 is 1.95 bits per heavy atom. The third-order valence-corrected chi connectivity index (χ3v) is 4.35. The van der Waals surface area contributed by atoms with Crippen LogP contribution < -0.4 is 5.32 Å². The van der Waals surface area contributed by atoms with Crippen LogP contribution in [-0.4, -0.2) is 23.5 Å². The second-order valence-electron chi connectivity index (χ2n) is 6.14. The van der Waals surface area contributed by atoms with Gasteiger partial charge in [0.1, 0.15) is 11.5 Å². The summed E-state index contributed by atoms with van der Waals surface area (Å²) in [6.45, 7) is 3.98. The van der Waals surface area contributed by atoms with E-state index in [2.05, 4.69) is 5.32 Å². The van der Waals surface area contributed by atoms with E-state index < -0.39 is 5.97 Å². The third-order valence-electron chi connectivity index (χ3n) is 4.35. The van der Waals surface area contributed by atoms with E-state index in [-0.39, 0.29) is 17.7 Å². The van der Waals surface area contributed by atoms with Gasteiger partial charge in [0.05, 0.1) is 12.0 Å². The van der Waals surface area contributed by atoms with Crippen LogP contribution in [0.3, 0.4) is 0 Å². The number of carboxylic acids is 1. The molecule has 1 aliphatic carbocycles. The van der Waals surface area contributed by atoms with E-state index >= 15 is 0 Å². The molecule has 21 heavy (non-hydrogen) atoms. The number of rotatable bonds is 5. The normalized spacial score (nSPS) is 17.4. The van der Waals surface area contributed by atoms with Gasteiger partial charge in [-0.05, 0) is 38.2 Å². The van der Waals surface area contributed by atoms with Crippen molar-refractivity contribution in [2.24, 2.45) is 5.41 Å². The van der Waals surface area contributed by atoms with Crippen molar-refractivity contribution in [3.8, 4) is 0 Å². The van der Waals surface area contributed by atoms with Gasteiger partial charge in [-0.15, -0.1) is 0 Å². The van der Waals surface area contributed by atoms with Gasteiger partial charge in [-0.3, -0.25) is 9.59 Å². The molecule has 0 saturated heterocycles. The minimum absolute atomic E-state index is 0.122. The van der Waals surface area contributed by atoms with E-state index in [0.717, 1.165) is 32.1 Å². The van der Waals surface area contributed by atoms with Crippen molar-refractivity contribution in [3.63, 3.8) is 0 Å². The van der Waals surface area contributed by atoms with Gasteiger partial charge in [-0.25, -0.2) is 0 Å². The molecule has 1 fully saturated rings. The highest BCUT2D eigenvalue weighted by Crippen LogP contribution is 2.38. The van der Waals surface area contributed by atoms with E-state index in [1.807, 2.05) is 0 Å². The van der Waals surface area contributed by atoms with Gasteiger partial charge >= 0.3 is 5.97 Å². The molecular weight excluding hydrogens is 270 g/mol. The molecule has 2 N–H and O–H groups in total. The maximum absolute atomic E-state index is 12.2. The summed E-state index contributed by atoms with van der Waals surface area (Å²) in [5.41, 5.74) is 0.237. The second-order valence-corrected chi connectivity index (χ2v) is 6.14. The highest BCUT2D eigenvalue weighted by molar-refractivity contribution is 5.95. The van der Waals surface area contributed by atoms with Crippen molar-refractivity contribution in [1.82, 2.24) is 5.32 Å². The maximum atomic E-state index is 12.2. The van der Waals surface area contributed by atoms with Crippen LogP contribution in [0.15, 0.2) is 10.5 Å². The van der Waals surface area contributed by atoms with Crippen LogP contribution in [-0.2, 0) is 4.79 Å². The average molecular weight is 293 g/mol. The van der Waals surface area contributed by atoms with Crippen LogP contribution in [0.25, 0.3) is 0 Å². The number of hydrogen-bond acceptors (Lipinski definition) is 3. The fourth-order valence-electron chi connectivity index (χ4n) is 3.26. The SMILES string of the molecule is Cc1cc(C(=O)NCC2(CC(=O)O)CCCCC2)c(C)o1. The molecule has 1 aromatic rings. The van der Waals surface area contributed by atoms with E-state index in [9.17, 15) is 9.59 Å². The molecule has 0 aromatic carbocycles. The smallest absolute Gasteiger partial charge is 0.303 e. The Bertz CT molecular complexity index is 526. The summed E-state index contributed by atoms with van der Waals surface area (Å²) in [7, 11) is 0. The molecule has 1 aliphatic rings. The van der Waals surface area contributed by atoms with Crippen molar-refractivity contribution in [1.29, 1.82) is 0 Å². The van der Waals surface area contributed by atoms with Crippen LogP contribution in [0.4, 0.5) is 0 Å². The van der Waals surface area contributed by atoms with Crippen LogP contribution in [0, 0.1) is 19.3 Å². The zero-order valence-corrected chi connectivity index (χ0v) is 12.7. The van der Waals surface area contributed by atoms with Crippen LogP contribution in [0.1, 0.15) is 60.4 Å². The van der Waals surface area contributed by atoms with Crippen LogP contribution in [0.2, 0.25) is 0 Å². The van der Waals surface area contributed by atoms with E-state index in [4.69, 9.17) is 9.52 Å². The largest absolute Gasteiger partial charge is 0.481 e. The first-order valence-electron chi connectivity index (χ1n) is 7.49. The zero-order chi connectivity index (χ0) is 15.5. The number of amides is 1. The monoisotopic (exact) mass is 293 g/mol. The first-order valence-corrected chi connectivity index (χ1v) is 7.49. The van der Waals surface area contributed by atoms with Gasteiger partial charge in [0.25, 0.3) is 5.91 Å². The van der Waals surface area contributed by atoms with Gasteiger partial charge in [-0.1, -0.05) is 19.3 Å². The summed E-state index contributed by atoms with van der Waals surface area (Å²) in [5, 5.41) is 12.0. The predicted molar refractivity (Wildman–Crippen MR) is 78.3 cm³/mol. The topological polar surface area (TPSA) is 79.5 Å². The van der Waals surface area contributed by atoms with Gasteiger partial charge in [0.2, 0.25) is 0 Å². The Morgan fingerprint density at radius 1 is 1.29 bits per heavy atom. The third kappa shape index (κ3) is 3.86. The van der Waals surface area contributed by atoms with Crippen molar-refractivity contribution in [3.05, 3.63) is 23.2 Å². The summed E-state index contributed by atoms with van der Waals surface area (Å²) in [5.74, 6) is 0.331. The number of nitrogens with one attached hydrogen (secondary N) is 1. The summed E-state index contributed by atoms with van der Waals surface area (Å²) in [6.07, 6.45) is 5.07. The zero-order valence-electron chi connectivity index (χ0n) is 12.7. The number of aliphatic carboxylic acids is 1. The van der Waals surface area contributed by atoms with Crippen LogP contribution in [0.5, 0.6) is 0 Å². The molecule has 1 heterocycles. The molecule has 0 radical (unpaired) electrons. The first kappa shape index (κ1) is 15.6. The number of carboxylic acid groups (broad SMARTS) is 1. The molecule has 0 unspecified atom stereocenters. The lowest BCUT2D eigenvalue weighted by molar-refractivity contribution is -0.140. The quantitative estimate of drug-likeness (QED) is 0.874. The minimum atomic E-state index is -0.790. The van der Waals surface area contributed by atoms with Crippen molar-refractivity contribution < 1.29 is 19.1 Å². The van der Waals surface area contributed by atoms with Gasteiger partial charge in [-0.2, -0.15) is 0 Å². The Kier molecular flexibility index (Phi) is 4.70. The Morgan fingerprint density at radius 3 is 2.48 bits per heavy atom. The average Bonchev–Trinajstić information content (AvgIpc) is 2.75. The molecule has 0 bridgehead atoms. The lowest BCUT2D eigenvalue weighted by Gasteiger charge is -2.36. The molecular formula is C16H23NO4. The highest BCUT2D eigenvalue weighted by Gasteiger charge is 2.35. The van der Waals surface area contributed by atoms with Gasteiger partial charge in [0.15, 0.2) is 0 Å². The summed E-state index contributed by atoms with van der Waals surface area (Å²) in [6, 6.07) is 1.72. The van der Waals surface area contributed by atoms with Gasteiger partial charge in [0, 0.05) is 6.54 Å². The molecule has 0 spiro atoms. The van der Waals surface area contributed by atoms with Crippen LogP contribution >= 0.6 is 0 Å². The molecule has 0 atom stereocenters. The molecule has 0 aliphatic heterocycles.